The van der Waals surface area contributed by atoms with Crippen LogP contribution in [0.15, 0.2) is 65.8 Å². The lowest BCUT2D eigenvalue weighted by Crippen LogP contribution is -2.31. The van der Waals surface area contributed by atoms with E-state index in [1.54, 1.807) is 48.3 Å². The van der Waals surface area contributed by atoms with Gasteiger partial charge in [-0.05, 0) is 41.3 Å². The number of rotatable bonds is 6. The van der Waals surface area contributed by atoms with Crippen molar-refractivity contribution in [2.45, 2.75) is 30.7 Å². The van der Waals surface area contributed by atoms with Crippen LogP contribution in [0.2, 0.25) is 0 Å². The third-order valence-corrected chi connectivity index (χ3v) is 5.89. The van der Waals surface area contributed by atoms with Crippen LogP contribution in [-0.4, -0.2) is 18.0 Å². The van der Waals surface area contributed by atoms with Crippen molar-refractivity contribution in [3.63, 3.8) is 0 Å². The Kier molecular flexibility index (Phi) is 5.43. The minimum Gasteiger partial charge on any atom is -0.336 e. The van der Waals surface area contributed by atoms with Gasteiger partial charge in [-0.15, -0.1) is 0 Å². The monoisotopic (exact) mass is 387 g/mol. The number of imidazole rings is 1. The van der Waals surface area contributed by atoms with Gasteiger partial charge < -0.3 is 4.57 Å². The molecule has 0 saturated heterocycles. The Balaban J connectivity index is 1.98. The fourth-order valence-corrected chi connectivity index (χ4v) is 4.02. The van der Waals surface area contributed by atoms with Gasteiger partial charge in [-0.25, -0.2) is 17.8 Å². The smallest absolute Gasteiger partial charge is 0.241 e. The van der Waals surface area contributed by atoms with E-state index in [1.165, 1.54) is 12.1 Å². The molecule has 0 fully saturated rings. The summed E-state index contributed by atoms with van der Waals surface area (Å²) in [7, 11) is -2.02. The molecule has 0 spiro atoms. The topological polar surface area (TPSA) is 64.0 Å². The average Bonchev–Trinajstić information content (AvgIpc) is 3.06. The first-order valence-corrected chi connectivity index (χ1v) is 10.1. The van der Waals surface area contributed by atoms with Crippen LogP contribution >= 0.6 is 0 Å². The molecular weight excluding hydrogens is 365 g/mol. The maximum absolute atomic E-state index is 13.3. The standard InChI is InChI=1S/C20H22FN3O2S/c1-14(2)15-6-10-18(11-7-15)27(25,26)23-19(20-22-12-13-24(20)3)16-4-8-17(21)9-5-16/h4-14,19,23H,1-3H3. The summed E-state index contributed by atoms with van der Waals surface area (Å²) in [6, 6.07) is 11.8. The van der Waals surface area contributed by atoms with E-state index in [9.17, 15) is 12.8 Å². The molecule has 3 aromatic rings. The lowest BCUT2D eigenvalue weighted by atomic mass is 10.0. The van der Waals surface area contributed by atoms with Gasteiger partial charge in [-0.2, -0.15) is 4.72 Å². The molecule has 0 radical (unpaired) electrons. The molecular formula is C20H22FN3O2S. The predicted octanol–water partition coefficient (Wildman–Crippen LogP) is 3.75. The van der Waals surface area contributed by atoms with E-state index in [-0.39, 0.29) is 10.7 Å². The minimum atomic E-state index is -3.80. The second-order valence-corrected chi connectivity index (χ2v) is 8.44. The summed E-state index contributed by atoms with van der Waals surface area (Å²) in [5.74, 6) is 0.447. The molecule has 0 saturated carbocycles. The zero-order valence-electron chi connectivity index (χ0n) is 15.4. The van der Waals surface area contributed by atoms with Gasteiger partial charge in [-0.3, -0.25) is 0 Å². The van der Waals surface area contributed by atoms with Crippen LogP contribution in [0, 0.1) is 5.82 Å². The summed E-state index contributed by atoms with van der Waals surface area (Å²) < 4.78 is 43.7. The molecule has 0 aliphatic rings. The van der Waals surface area contributed by atoms with Crippen molar-refractivity contribution >= 4 is 10.0 Å². The Morgan fingerprint density at radius 2 is 1.59 bits per heavy atom. The van der Waals surface area contributed by atoms with Crippen LogP contribution in [0.25, 0.3) is 0 Å². The van der Waals surface area contributed by atoms with Crippen molar-refractivity contribution in [1.29, 1.82) is 0 Å². The highest BCUT2D eigenvalue weighted by Crippen LogP contribution is 2.24. The number of sulfonamides is 1. The van der Waals surface area contributed by atoms with E-state index >= 15 is 0 Å². The predicted molar refractivity (Wildman–Crippen MR) is 102 cm³/mol. The SMILES string of the molecule is CC(C)c1ccc(S(=O)(=O)NC(c2ccc(F)cc2)c2nccn2C)cc1. The fourth-order valence-electron chi connectivity index (χ4n) is 2.84. The van der Waals surface area contributed by atoms with Gasteiger partial charge in [0.1, 0.15) is 17.7 Å². The largest absolute Gasteiger partial charge is 0.336 e. The highest BCUT2D eigenvalue weighted by molar-refractivity contribution is 7.89. The molecule has 2 aromatic carbocycles. The molecule has 1 atom stereocenters. The third kappa shape index (κ3) is 4.26. The summed E-state index contributed by atoms with van der Waals surface area (Å²) in [6.07, 6.45) is 3.33. The Labute approximate surface area is 158 Å². The van der Waals surface area contributed by atoms with Gasteiger partial charge in [0.2, 0.25) is 10.0 Å². The molecule has 0 bridgehead atoms. The van der Waals surface area contributed by atoms with Crippen LogP contribution in [0.5, 0.6) is 0 Å². The van der Waals surface area contributed by atoms with Crippen molar-refractivity contribution in [2.24, 2.45) is 7.05 Å². The molecule has 1 N–H and O–H groups in total. The molecule has 0 aliphatic heterocycles. The summed E-state index contributed by atoms with van der Waals surface area (Å²) in [4.78, 5) is 4.45. The molecule has 1 heterocycles. The van der Waals surface area contributed by atoms with Crippen molar-refractivity contribution < 1.29 is 12.8 Å². The van der Waals surface area contributed by atoms with Gasteiger partial charge in [0.15, 0.2) is 0 Å². The van der Waals surface area contributed by atoms with E-state index in [2.05, 4.69) is 9.71 Å². The number of halogens is 1. The maximum atomic E-state index is 13.3. The van der Waals surface area contributed by atoms with Crippen LogP contribution in [-0.2, 0) is 17.1 Å². The first-order chi connectivity index (χ1) is 12.8. The maximum Gasteiger partial charge on any atom is 0.241 e. The van der Waals surface area contributed by atoms with Gasteiger partial charge in [-0.1, -0.05) is 38.1 Å². The fraction of sp³-hybridized carbons (Fsp3) is 0.250. The Morgan fingerprint density at radius 1 is 1.00 bits per heavy atom. The number of aromatic nitrogens is 2. The van der Waals surface area contributed by atoms with Gasteiger partial charge in [0.05, 0.1) is 4.90 Å². The highest BCUT2D eigenvalue weighted by atomic mass is 32.2. The molecule has 0 aliphatic carbocycles. The van der Waals surface area contributed by atoms with Crippen LogP contribution in [0.3, 0.4) is 0 Å². The summed E-state index contributed by atoms with van der Waals surface area (Å²) in [6.45, 7) is 4.10. The van der Waals surface area contributed by atoms with Crippen molar-refractivity contribution in [2.75, 3.05) is 0 Å². The molecule has 7 heteroatoms. The van der Waals surface area contributed by atoms with Crippen molar-refractivity contribution in [3.05, 3.63) is 83.7 Å². The summed E-state index contributed by atoms with van der Waals surface area (Å²) in [5.41, 5.74) is 1.67. The van der Waals surface area contributed by atoms with E-state index in [0.29, 0.717) is 17.3 Å². The molecule has 1 aromatic heterocycles. The second kappa shape index (κ2) is 7.62. The van der Waals surface area contributed by atoms with Crippen LogP contribution < -0.4 is 4.72 Å². The van der Waals surface area contributed by atoms with Gasteiger partial charge in [0.25, 0.3) is 0 Å². The number of hydrogen-bond acceptors (Lipinski definition) is 3. The lowest BCUT2D eigenvalue weighted by molar-refractivity contribution is 0.562. The summed E-state index contributed by atoms with van der Waals surface area (Å²) in [5, 5.41) is 0. The van der Waals surface area contributed by atoms with Crippen LogP contribution in [0.1, 0.15) is 42.8 Å². The first-order valence-electron chi connectivity index (χ1n) is 8.63. The van der Waals surface area contributed by atoms with E-state index in [0.717, 1.165) is 5.56 Å². The van der Waals surface area contributed by atoms with E-state index in [4.69, 9.17) is 0 Å². The molecule has 5 nitrogen and oxygen atoms in total. The normalized spacial score (nSPS) is 13.1. The molecule has 0 amide bonds. The molecule has 1 unspecified atom stereocenters. The number of benzene rings is 2. The van der Waals surface area contributed by atoms with Gasteiger partial charge in [0, 0.05) is 19.4 Å². The Morgan fingerprint density at radius 3 is 2.11 bits per heavy atom. The third-order valence-electron chi connectivity index (χ3n) is 4.45. The first kappa shape index (κ1) is 19.3. The molecule has 3 rings (SSSR count). The second-order valence-electron chi connectivity index (χ2n) is 6.73. The quantitative estimate of drug-likeness (QED) is 0.701. The zero-order chi connectivity index (χ0) is 19.6. The lowest BCUT2D eigenvalue weighted by Gasteiger charge is -2.19. The highest BCUT2D eigenvalue weighted by Gasteiger charge is 2.25. The average molecular weight is 387 g/mol. The van der Waals surface area contributed by atoms with Crippen LogP contribution in [0.4, 0.5) is 4.39 Å². The van der Waals surface area contributed by atoms with E-state index < -0.39 is 16.1 Å². The minimum absolute atomic E-state index is 0.174. The zero-order valence-corrected chi connectivity index (χ0v) is 16.2. The van der Waals surface area contributed by atoms with E-state index in [1.807, 2.05) is 26.0 Å². The number of aryl methyl sites for hydroxylation is 1. The molecule has 142 valence electrons. The number of nitrogens with one attached hydrogen (secondary N) is 1. The van der Waals surface area contributed by atoms with Gasteiger partial charge >= 0.3 is 0 Å². The Bertz CT molecular complexity index is 1010. The van der Waals surface area contributed by atoms with Crippen molar-refractivity contribution in [3.8, 4) is 0 Å². The summed E-state index contributed by atoms with van der Waals surface area (Å²) >= 11 is 0. The van der Waals surface area contributed by atoms with Crippen molar-refractivity contribution in [1.82, 2.24) is 14.3 Å². The number of hydrogen-bond donors (Lipinski definition) is 1. The Hall–Kier alpha value is -2.51. The molecule has 27 heavy (non-hydrogen) atoms. The number of nitrogens with zero attached hydrogens (tertiary/aromatic N) is 2.